The standard InChI is InChI=1S/C29H31Cl2N5O3/c1-17(2)35-11-13-36(14-12-35)20-8-5-18(6-9-20)29(37)32-28-21-10-7-19(15-22(21)33-34-28)25-26(30)23(38-3)16-24(39-4)27(25)31/h5-10,15-17H,11-14H2,1-4H3,(H2,32,33,34,37). The van der Waals surface area contributed by atoms with Gasteiger partial charge in [0.25, 0.3) is 5.91 Å². The molecular weight excluding hydrogens is 537 g/mol. The van der Waals surface area contributed by atoms with Crippen molar-refractivity contribution >= 4 is 51.5 Å². The Kier molecular flexibility index (Phi) is 7.88. The molecular formula is C29H31Cl2N5O3. The van der Waals surface area contributed by atoms with Crippen LogP contribution >= 0.6 is 23.2 Å². The Hall–Kier alpha value is -3.46. The molecule has 1 aliphatic rings. The van der Waals surface area contributed by atoms with Crippen molar-refractivity contribution in [2.75, 3.05) is 50.6 Å². The lowest BCUT2D eigenvalue weighted by Gasteiger charge is -2.38. The minimum absolute atomic E-state index is 0.229. The van der Waals surface area contributed by atoms with Gasteiger partial charge in [-0.05, 0) is 55.8 Å². The SMILES string of the molecule is COc1cc(OC)c(Cl)c(-c2ccc3c(NC(=O)c4ccc(N5CCN(C(C)C)CC5)cc4)n[nH]c3c2)c1Cl. The first-order chi connectivity index (χ1) is 18.8. The number of carbonyl (C=O) groups excluding carboxylic acids is 1. The number of rotatable bonds is 7. The molecule has 1 fully saturated rings. The number of nitrogens with one attached hydrogen (secondary N) is 2. The normalized spacial score (nSPS) is 14.2. The van der Waals surface area contributed by atoms with Crippen molar-refractivity contribution in [3.63, 3.8) is 0 Å². The molecule has 10 heteroatoms. The zero-order valence-electron chi connectivity index (χ0n) is 22.3. The van der Waals surface area contributed by atoms with Crippen molar-refractivity contribution in [2.24, 2.45) is 0 Å². The predicted octanol–water partition coefficient (Wildman–Crippen LogP) is 6.34. The van der Waals surface area contributed by atoms with Gasteiger partial charge in [-0.2, -0.15) is 5.10 Å². The molecule has 0 spiro atoms. The van der Waals surface area contributed by atoms with E-state index in [1.165, 1.54) is 14.2 Å². The van der Waals surface area contributed by atoms with E-state index in [0.29, 0.717) is 50.0 Å². The maximum atomic E-state index is 13.0. The number of benzene rings is 3. The van der Waals surface area contributed by atoms with Crippen LogP contribution in [0.2, 0.25) is 10.0 Å². The highest BCUT2D eigenvalue weighted by atomic mass is 35.5. The van der Waals surface area contributed by atoms with Gasteiger partial charge >= 0.3 is 0 Å². The second kappa shape index (κ2) is 11.3. The number of H-pyrrole nitrogens is 1. The van der Waals surface area contributed by atoms with Crippen LogP contribution < -0.4 is 19.7 Å². The molecule has 1 amide bonds. The summed E-state index contributed by atoms with van der Waals surface area (Å²) in [4.78, 5) is 17.9. The highest BCUT2D eigenvalue weighted by Crippen LogP contribution is 2.46. The molecule has 0 atom stereocenters. The molecule has 1 aromatic heterocycles. The number of hydrogen-bond donors (Lipinski definition) is 2. The maximum Gasteiger partial charge on any atom is 0.256 e. The Morgan fingerprint density at radius 3 is 2.18 bits per heavy atom. The molecule has 204 valence electrons. The number of aromatic nitrogens is 2. The smallest absolute Gasteiger partial charge is 0.256 e. The van der Waals surface area contributed by atoms with Crippen molar-refractivity contribution in [3.8, 4) is 22.6 Å². The van der Waals surface area contributed by atoms with E-state index >= 15 is 0 Å². The maximum absolute atomic E-state index is 13.0. The first-order valence-corrected chi connectivity index (χ1v) is 13.5. The number of carbonyl (C=O) groups is 1. The molecule has 0 radical (unpaired) electrons. The zero-order valence-corrected chi connectivity index (χ0v) is 23.9. The van der Waals surface area contributed by atoms with Crippen molar-refractivity contribution in [3.05, 3.63) is 64.1 Å². The molecule has 1 aliphatic heterocycles. The van der Waals surface area contributed by atoms with Gasteiger partial charge in [-0.1, -0.05) is 29.3 Å². The number of fused-ring (bicyclic) bond motifs is 1. The number of hydrogen-bond acceptors (Lipinski definition) is 6. The lowest BCUT2D eigenvalue weighted by atomic mass is 10.0. The van der Waals surface area contributed by atoms with Gasteiger partial charge in [-0.3, -0.25) is 14.8 Å². The number of aromatic amines is 1. The van der Waals surface area contributed by atoms with E-state index in [0.717, 1.165) is 42.8 Å². The second-order valence-corrected chi connectivity index (χ2v) is 10.5. The Bertz CT molecular complexity index is 1470. The minimum atomic E-state index is -0.229. The van der Waals surface area contributed by atoms with Crippen LogP contribution in [0.5, 0.6) is 11.5 Å². The molecule has 0 unspecified atom stereocenters. The average Bonchev–Trinajstić information content (AvgIpc) is 3.35. The molecule has 1 saturated heterocycles. The molecule has 0 saturated carbocycles. The Morgan fingerprint density at radius 1 is 0.949 bits per heavy atom. The summed E-state index contributed by atoms with van der Waals surface area (Å²) >= 11 is 13.2. The number of ether oxygens (including phenoxy) is 2. The summed E-state index contributed by atoms with van der Waals surface area (Å²) in [6.07, 6.45) is 0. The fourth-order valence-corrected chi connectivity index (χ4v) is 5.63. The molecule has 3 aromatic carbocycles. The molecule has 0 bridgehead atoms. The summed E-state index contributed by atoms with van der Waals surface area (Å²) in [6, 6.07) is 15.5. The predicted molar refractivity (Wildman–Crippen MR) is 158 cm³/mol. The van der Waals surface area contributed by atoms with Crippen LogP contribution in [0.3, 0.4) is 0 Å². The summed E-state index contributed by atoms with van der Waals surface area (Å²) in [7, 11) is 3.07. The largest absolute Gasteiger partial charge is 0.495 e. The summed E-state index contributed by atoms with van der Waals surface area (Å²) < 4.78 is 10.8. The van der Waals surface area contributed by atoms with Crippen molar-refractivity contribution in [2.45, 2.75) is 19.9 Å². The van der Waals surface area contributed by atoms with E-state index in [2.05, 4.69) is 39.2 Å². The zero-order chi connectivity index (χ0) is 27.7. The van der Waals surface area contributed by atoms with Crippen LogP contribution in [0.4, 0.5) is 11.5 Å². The lowest BCUT2D eigenvalue weighted by Crippen LogP contribution is -2.48. The topological polar surface area (TPSA) is 82.7 Å². The highest BCUT2D eigenvalue weighted by molar-refractivity contribution is 6.41. The summed E-state index contributed by atoms with van der Waals surface area (Å²) in [6.45, 7) is 8.49. The fraction of sp³-hybridized carbons (Fsp3) is 0.310. The quantitative estimate of drug-likeness (QED) is 0.271. The summed E-state index contributed by atoms with van der Waals surface area (Å²) in [5.74, 6) is 1.12. The molecule has 2 N–H and O–H groups in total. The number of nitrogens with zero attached hydrogens (tertiary/aromatic N) is 3. The van der Waals surface area contributed by atoms with Gasteiger partial charge in [0, 0.05) is 60.5 Å². The van der Waals surface area contributed by atoms with Crippen LogP contribution in [0.15, 0.2) is 48.5 Å². The number of amides is 1. The van der Waals surface area contributed by atoms with Crippen LogP contribution in [0.25, 0.3) is 22.0 Å². The first kappa shape index (κ1) is 27.1. The van der Waals surface area contributed by atoms with E-state index in [9.17, 15) is 4.79 Å². The third-order valence-corrected chi connectivity index (χ3v) is 7.95. The van der Waals surface area contributed by atoms with Crippen molar-refractivity contribution < 1.29 is 14.3 Å². The van der Waals surface area contributed by atoms with Gasteiger partial charge in [0.05, 0.1) is 29.8 Å². The monoisotopic (exact) mass is 567 g/mol. The van der Waals surface area contributed by atoms with E-state index < -0.39 is 0 Å². The molecule has 0 aliphatic carbocycles. The Balaban J connectivity index is 1.33. The van der Waals surface area contributed by atoms with Crippen molar-refractivity contribution in [1.29, 1.82) is 0 Å². The molecule has 4 aromatic rings. The van der Waals surface area contributed by atoms with Gasteiger partial charge in [0.2, 0.25) is 0 Å². The van der Waals surface area contributed by atoms with E-state index in [1.807, 2.05) is 42.5 Å². The highest BCUT2D eigenvalue weighted by Gasteiger charge is 2.21. The van der Waals surface area contributed by atoms with Crippen molar-refractivity contribution in [1.82, 2.24) is 15.1 Å². The summed E-state index contributed by atoms with van der Waals surface area (Å²) in [5.41, 5.74) is 3.74. The molecule has 5 rings (SSSR count). The van der Waals surface area contributed by atoms with E-state index in [4.69, 9.17) is 32.7 Å². The lowest BCUT2D eigenvalue weighted by molar-refractivity contribution is 0.102. The third kappa shape index (κ3) is 5.37. The molecule has 8 nitrogen and oxygen atoms in total. The van der Waals surface area contributed by atoms with Crippen LogP contribution in [0.1, 0.15) is 24.2 Å². The van der Waals surface area contributed by atoms with Gasteiger partial charge in [0.15, 0.2) is 5.82 Å². The molecule has 39 heavy (non-hydrogen) atoms. The first-order valence-electron chi connectivity index (χ1n) is 12.8. The summed E-state index contributed by atoms with van der Waals surface area (Å²) in [5, 5.41) is 11.8. The van der Waals surface area contributed by atoms with Gasteiger partial charge < -0.3 is 19.7 Å². The minimum Gasteiger partial charge on any atom is -0.495 e. The third-order valence-electron chi connectivity index (χ3n) is 7.20. The van der Waals surface area contributed by atoms with E-state index in [-0.39, 0.29) is 5.91 Å². The number of methoxy groups -OCH3 is 2. The fourth-order valence-electron chi connectivity index (χ4n) is 4.91. The van der Waals surface area contributed by atoms with Gasteiger partial charge in [-0.15, -0.1) is 0 Å². The number of piperazine rings is 1. The number of halogens is 2. The second-order valence-electron chi connectivity index (χ2n) is 9.73. The van der Waals surface area contributed by atoms with Crippen LogP contribution in [-0.4, -0.2) is 67.4 Å². The molecule has 2 heterocycles. The Morgan fingerprint density at radius 2 is 1.59 bits per heavy atom. The number of anilines is 2. The van der Waals surface area contributed by atoms with Crippen LogP contribution in [0, 0.1) is 0 Å². The van der Waals surface area contributed by atoms with E-state index in [1.54, 1.807) is 6.07 Å². The average molecular weight is 569 g/mol. The van der Waals surface area contributed by atoms with Gasteiger partial charge in [-0.25, -0.2) is 0 Å². The van der Waals surface area contributed by atoms with Gasteiger partial charge in [0.1, 0.15) is 11.5 Å². The van der Waals surface area contributed by atoms with Crippen LogP contribution in [-0.2, 0) is 0 Å². The Labute approximate surface area is 237 Å².